The summed E-state index contributed by atoms with van der Waals surface area (Å²) < 4.78 is 7.15. The molecule has 21 heavy (non-hydrogen) atoms. The van der Waals surface area contributed by atoms with E-state index in [1.54, 1.807) is 17.1 Å². The highest BCUT2D eigenvalue weighted by atomic mass is 16.5. The van der Waals surface area contributed by atoms with Gasteiger partial charge in [0.15, 0.2) is 5.82 Å². The van der Waals surface area contributed by atoms with Gasteiger partial charge in [0.25, 0.3) is 0 Å². The quantitative estimate of drug-likeness (QED) is 0.903. The second-order valence-electron chi connectivity index (χ2n) is 5.09. The Morgan fingerprint density at radius 1 is 1.48 bits per heavy atom. The highest BCUT2D eigenvalue weighted by Crippen LogP contribution is 2.15. The van der Waals surface area contributed by atoms with E-state index in [1.165, 1.54) is 0 Å². The highest BCUT2D eigenvalue weighted by molar-refractivity contribution is 5.76. The van der Waals surface area contributed by atoms with Crippen molar-refractivity contribution in [1.29, 1.82) is 0 Å². The molecule has 1 N–H and O–H groups in total. The van der Waals surface area contributed by atoms with Crippen LogP contribution in [0, 0.1) is 0 Å². The topological polar surface area (TPSA) is 69.0 Å². The van der Waals surface area contributed by atoms with Crippen LogP contribution in [0.3, 0.4) is 0 Å². The summed E-state index contributed by atoms with van der Waals surface area (Å²) in [7, 11) is 0. The molecule has 110 valence electrons. The lowest BCUT2D eigenvalue weighted by atomic mass is 10.1. The minimum atomic E-state index is 0.0272. The summed E-state index contributed by atoms with van der Waals surface area (Å²) in [4.78, 5) is 16.1. The summed E-state index contributed by atoms with van der Waals surface area (Å²) in [5, 5.41) is 7.06. The molecule has 1 atom stereocenters. The molecular weight excluding hydrogens is 268 g/mol. The number of carbonyl (C=O) groups excluding carboxylic acids is 1. The average Bonchev–Trinajstić information content (AvgIpc) is 3.19. The zero-order valence-electron chi connectivity index (χ0n) is 11.7. The number of aromatic nitrogens is 3. The van der Waals surface area contributed by atoms with Gasteiger partial charge in [0.05, 0.1) is 12.5 Å². The lowest BCUT2D eigenvalue weighted by Crippen LogP contribution is -2.26. The van der Waals surface area contributed by atoms with Crippen molar-refractivity contribution in [3.05, 3.63) is 42.4 Å². The molecule has 0 aliphatic carbocycles. The molecule has 0 aromatic carbocycles. The van der Waals surface area contributed by atoms with Crippen molar-refractivity contribution in [3.63, 3.8) is 0 Å². The van der Waals surface area contributed by atoms with E-state index < -0.39 is 0 Å². The van der Waals surface area contributed by atoms with Gasteiger partial charge in [-0.2, -0.15) is 5.10 Å². The summed E-state index contributed by atoms with van der Waals surface area (Å²) in [6, 6.07) is 5.65. The van der Waals surface area contributed by atoms with Gasteiger partial charge in [0.2, 0.25) is 5.91 Å². The SMILES string of the molecule is O=C(CC1CCCO1)NCc1ccnc(-n2cccn2)c1. The minimum Gasteiger partial charge on any atom is -0.378 e. The molecule has 3 heterocycles. The van der Waals surface area contributed by atoms with Gasteiger partial charge in [-0.1, -0.05) is 0 Å². The van der Waals surface area contributed by atoms with E-state index in [0.717, 1.165) is 30.8 Å². The maximum Gasteiger partial charge on any atom is 0.222 e. The molecule has 1 amide bonds. The van der Waals surface area contributed by atoms with Gasteiger partial charge in [-0.15, -0.1) is 0 Å². The van der Waals surface area contributed by atoms with Gasteiger partial charge in [-0.05, 0) is 36.6 Å². The molecule has 2 aromatic rings. The maximum atomic E-state index is 11.9. The first-order chi connectivity index (χ1) is 10.3. The van der Waals surface area contributed by atoms with Crippen LogP contribution in [0.1, 0.15) is 24.8 Å². The molecule has 0 radical (unpaired) electrons. The Morgan fingerprint density at radius 3 is 3.19 bits per heavy atom. The van der Waals surface area contributed by atoms with Gasteiger partial charge >= 0.3 is 0 Å². The normalized spacial score (nSPS) is 17.8. The van der Waals surface area contributed by atoms with Crippen LogP contribution in [0.25, 0.3) is 5.82 Å². The van der Waals surface area contributed by atoms with E-state index >= 15 is 0 Å². The number of nitrogens with zero attached hydrogens (tertiary/aromatic N) is 3. The maximum absolute atomic E-state index is 11.9. The summed E-state index contributed by atoms with van der Waals surface area (Å²) in [5.74, 6) is 0.769. The van der Waals surface area contributed by atoms with Crippen molar-refractivity contribution < 1.29 is 9.53 Å². The van der Waals surface area contributed by atoms with E-state index in [2.05, 4.69) is 15.4 Å². The molecule has 6 heteroatoms. The first-order valence-electron chi connectivity index (χ1n) is 7.14. The van der Waals surface area contributed by atoms with E-state index in [1.807, 2.05) is 24.4 Å². The van der Waals surface area contributed by atoms with Gasteiger partial charge in [-0.25, -0.2) is 9.67 Å². The predicted octanol–water partition coefficient (Wildman–Crippen LogP) is 1.45. The summed E-state index contributed by atoms with van der Waals surface area (Å²) in [6.07, 6.45) is 7.82. The molecule has 1 unspecified atom stereocenters. The molecule has 0 bridgehead atoms. The van der Waals surface area contributed by atoms with Gasteiger partial charge < -0.3 is 10.1 Å². The molecule has 1 fully saturated rings. The fraction of sp³-hybridized carbons (Fsp3) is 0.400. The number of hydrogen-bond donors (Lipinski definition) is 1. The van der Waals surface area contributed by atoms with Crippen LogP contribution in [-0.2, 0) is 16.1 Å². The molecule has 6 nitrogen and oxygen atoms in total. The van der Waals surface area contributed by atoms with E-state index in [9.17, 15) is 4.79 Å². The van der Waals surface area contributed by atoms with Crippen molar-refractivity contribution >= 4 is 5.91 Å². The Labute approximate surface area is 123 Å². The molecular formula is C15H18N4O2. The molecule has 1 saturated heterocycles. The van der Waals surface area contributed by atoms with Gasteiger partial charge in [0, 0.05) is 31.7 Å². The third-order valence-corrected chi connectivity index (χ3v) is 3.48. The van der Waals surface area contributed by atoms with Crippen molar-refractivity contribution in [2.45, 2.75) is 31.9 Å². The van der Waals surface area contributed by atoms with Crippen LogP contribution >= 0.6 is 0 Å². The molecule has 1 aliphatic heterocycles. The minimum absolute atomic E-state index is 0.0272. The third kappa shape index (κ3) is 3.66. The number of rotatable bonds is 5. The Balaban J connectivity index is 1.55. The van der Waals surface area contributed by atoms with Crippen molar-refractivity contribution in [2.75, 3.05) is 6.61 Å². The van der Waals surface area contributed by atoms with E-state index in [-0.39, 0.29) is 12.0 Å². The fourth-order valence-corrected chi connectivity index (χ4v) is 2.39. The second-order valence-corrected chi connectivity index (χ2v) is 5.09. The lowest BCUT2D eigenvalue weighted by molar-refractivity contribution is -0.123. The number of amides is 1. The predicted molar refractivity (Wildman–Crippen MR) is 76.8 cm³/mol. The Kier molecular flexibility index (Phi) is 4.25. The summed E-state index contributed by atoms with van der Waals surface area (Å²) in [5.41, 5.74) is 0.996. The number of ether oxygens (including phenoxy) is 1. The summed E-state index contributed by atoms with van der Waals surface area (Å²) in [6.45, 7) is 1.26. The zero-order chi connectivity index (χ0) is 14.5. The van der Waals surface area contributed by atoms with Crippen LogP contribution in [-0.4, -0.2) is 33.4 Å². The molecule has 3 rings (SSSR count). The lowest BCUT2D eigenvalue weighted by Gasteiger charge is -2.10. The van der Waals surface area contributed by atoms with Crippen LogP contribution < -0.4 is 5.32 Å². The molecule has 1 aliphatic rings. The monoisotopic (exact) mass is 286 g/mol. The van der Waals surface area contributed by atoms with Gasteiger partial charge in [0.1, 0.15) is 0 Å². The number of nitrogens with one attached hydrogen (secondary N) is 1. The van der Waals surface area contributed by atoms with Crippen molar-refractivity contribution in [3.8, 4) is 5.82 Å². The van der Waals surface area contributed by atoms with Crippen LogP contribution in [0.4, 0.5) is 0 Å². The van der Waals surface area contributed by atoms with Crippen molar-refractivity contribution in [2.24, 2.45) is 0 Å². The Hall–Kier alpha value is -2.21. The van der Waals surface area contributed by atoms with Gasteiger partial charge in [-0.3, -0.25) is 4.79 Å². The third-order valence-electron chi connectivity index (χ3n) is 3.48. The Morgan fingerprint density at radius 2 is 2.43 bits per heavy atom. The van der Waals surface area contributed by atoms with E-state index in [0.29, 0.717) is 13.0 Å². The Bertz CT molecular complexity index is 591. The average molecular weight is 286 g/mol. The summed E-state index contributed by atoms with van der Waals surface area (Å²) >= 11 is 0. The zero-order valence-corrected chi connectivity index (χ0v) is 11.7. The van der Waals surface area contributed by atoms with Crippen molar-refractivity contribution in [1.82, 2.24) is 20.1 Å². The molecule has 2 aromatic heterocycles. The fourth-order valence-electron chi connectivity index (χ4n) is 2.39. The first-order valence-corrected chi connectivity index (χ1v) is 7.14. The number of carbonyl (C=O) groups is 1. The number of hydrogen-bond acceptors (Lipinski definition) is 4. The van der Waals surface area contributed by atoms with Crippen LogP contribution in [0.2, 0.25) is 0 Å². The standard InChI is InChI=1S/C15H18N4O2/c20-15(10-13-3-1-8-21-13)17-11-12-4-6-16-14(9-12)19-7-2-5-18-19/h2,4-7,9,13H,1,3,8,10-11H2,(H,17,20). The van der Waals surface area contributed by atoms with Crippen LogP contribution in [0.5, 0.6) is 0 Å². The van der Waals surface area contributed by atoms with E-state index in [4.69, 9.17) is 4.74 Å². The number of pyridine rings is 1. The molecule has 0 spiro atoms. The molecule has 0 saturated carbocycles. The smallest absolute Gasteiger partial charge is 0.222 e. The second kappa shape index (κ2) is 6.49. The van der Waals surface area contributed by atoms with Crippen LogP contribution in [0.15, 0.2) is 36.8 Å². The highest BCUT2D eigenvalue weighted by Gasteiger charge is 2.18. The first kappa shape index (κ1) is 13.8. The largest absolute Gasteiger partial charge is 0.378 e.